The van der Waals surface area contributed by atoms with E-state index in [4.69, 9.17) is 5.73 Å². The maximum atomic E-state index is 13.5. The monoisotopic (exact) mass is 257 g/mol. The van der Waals surface area contributed by atoms with Crippen molar-refractivity contribution in [2.75, 3.05) is 6.26 Å². The summed E-state index contributed by atoms with van der Waals surface area (Å²) in [7, 11) is -3.53. The van der Waals surface area contributed by atoms with Crippen LogP contribution in [0.5, 0.6) is 0 Å². The number of halogens is 1. The van der Waals surface area contributed by atoms with Crippen LogP contribution in [0.3, 0.4) is 0 Å². The van der Waals surface area contributed by atoms with E-state index in [9.17, 15) is 12.8 Å². The molecule has 1 unspecified atom stereocenters. The van der Waals surface area contributed by atoms with Crippen LogP contribution in [0.2, 0.25) is 0 Å². The Kier molecular flexibility index (Phi) is 2.78. The van der Waals surface area contributed by atoms with E-state index in [0.717, 1.165) is 24.7 Å². The van der Waals surface area contributed by atoms with Crippen molar-refractivity contribution in [3.05, 3.63) is 29.6 Å². The minimum Gasteiger partial charge on any atom is -0.327 e. The van der Waals surface area contributed by atoms with Crippen molar-refractivity contribution >= 4 is 9.84 Å². The molecule has 0 heterocycles. The molecule has 2 N–H and O–H groups in total. The molecule has 2 rings (SSSR count). The normalized spacial score (nSPS) is 20.0. The zero-order chi connectivity index (χ0) is 12.8. The fraction of sp³-hybridized carbons (Fsp3) is 0.500. The summed E-state index contributed by atoms with van der Waals surface area (Å²) < 4.78 is 36.4. The standard InChI is InChI=1S/C12H16FNO2S/c1-8(14)12(5-6-12)9-3-4-10(13)11(7-9)17(2,15)16/h3-4,7-8H,5-6,14H2,1-2H3. The number of benzene rings is 1. The summed E-state index contributed by atoms with van der Waals surface area (Å²) in [4.78, 5) is -0.234. The molecule has 0 aromatic heterocycles. The van der Waals surface area contributed by atoms with Crippen molar-refractivity contribution in [1.82, 2.24) is 0 Å². The lowest BCUT2D eigenvalue weighted by atomic mass is 9.89. The highest BCUT2D eigenvalue weighted by molar-refractivity contribution is 7.90. The van der Waals surface area contributed by atoms with Gasteiger partial charge in [-0.05, 0) is 37.5 Å². The van der Waals surface area contributed by atoms with Crippen LogP contribution in [-0.4, -0.2) is 20.7 Å². The van der Waals surface area contributed by atoms with Gasteiger partial charge < -0.3 is 5.73 Å². The first kappa shape index (κ1) is 12.5. The van der Waals surface area contributed by atoms with Gasteiger partial charge in [0.1, 0.15) is 10.7 Å². The van der Waals surface area contributed by atoms with Crippen molar-refractivity contribution in [2.45, 2.75) is 36.1 Å². The third-order valence-electron chi connectivity index (χ3n) is 3.57. The van der Waals surface area contributed by atoms with Crippen LogP contribution in [0.1, 0.15) is 25.3 Å². The molecule has 0 bridgehead atoms. The van der Waals surface area contributed by atoms with Gasteiger partial charge in [-0.25, -0.2) is 12.8 Å². The molecule has 0 spiro atoms. The summed E-state index contributed by atoms with van der Waals surface area (Å²) >= 11 is 0. The third kappa shape index (κ3) is 2.09. The van der Waals surface area contributed by atoms with E-state index in [2.05, 4.69) is 0 Å². The van der Waals surface area contributed by atoms with Gasteiger partial charge in [0, 0.05) is 17.7 Å². The molecule has 0 aliphatic heterocycles. The molecule has 5 heteroatoms. The first-order valence-electron chi connectivity index (χ1n) is 5.53. The predicted octanol–water partition coefficient (Wildman–Crippen LogP) is 1.61. The van der Waals surface area contributed by atoms with E-state index in [0.29, 0.717) is 0 Å². The van der Waals surface area contributed by atoms with Crippen molar-refractivity contribution < 1.29 is 12.8 Å². The Labute approximate surface area is 101 Å². The minimum atomic E-state index is -3.53. The van der Waals surface area contributed by atoms with Crippen LogP contribution in [0.4, 0.5) is 4.39 Å². The van der Waals surface area contributed by atoms with Gasteiger partial charge in [0.15, 0.2) is 9.84 Å². The Hall–Kier alpha value is -0.940. The number of nitrogens with two attached hydrogens (primary N) is 1. The summed E-state index contributed by atoms with van der Waals surface area (Å²) in [5, 5.41) is 0. The molecule has 0 radical (unpaired) electrons. The second-order valence-electron chi connectivity index (χ2n) is 4.86. The van der Waals surface area contributed by atoms with Gasteiger partial charge in [-0.15, -0.1) is 0 Å². The molecular formula is C12H16FNO2S. The van der Waals surface area contributed by atoms with E-state index in [-0.39, 0.29) is 16.4 Å². The number of rotatable bonds is 3. The Morgan fingerprint density at radius 2 is 2.00 bits per heavy atom. The minimum absolute atomic E-state index is 0.0552. The van der Waals surface area contributed by atoms with Crippen LogP contribution in [-0.2, 0) is 15.3 Å². The molecule has 3 nitrogen and oxygen atoms in total. The summed E-state index contributed by atoms with van der Waals surface area (Å²) in [6.07, 6.45) is 2.87. The van der Waals surface area contributed by atoms with Gasteiger partial charge in [-0.1, -0.05) is 6.07 Å². The average molecular weight is 257 g/mol. The summed E-state index contributed by atoms with van der Waals surface area (Å²) in [6.45, 7) is 1.90. The molecular weight excluding hydrogens is 241 g/mol. The van der Waals surface area contributed by atoms with Gasteiger partial charge in [0.2, 0.25) is 0 Å². The first-order chi connectivity index (χ1) is 7.77. The van der Waals surface area contributed by atoms with Crippen molar-refractivity contribution in [3.8, 4) is 0 Å². The second-order valence-corrected chi connectivity index (χ2v) is 6.85. The molecule has 1 aromatic rings. The first-order valence-corrected chi connectivity index (χ1v) is 7.42. The largest absolute Gasteiger partial charge is 0.327 e. The van der Waals surface area contributed by atoms with Gasteiger partial charge in [-0.3, -0.25) is 0 Å². The van der Waals surface area contributed by atoms with Crippen LogP contribution in [0.15, 0.2) is 23.1 Å². The van der Waals surface area contributed by atoms with Gasteiger partial charge in [-0.2, -0.15) is 0 Å². The zero-order valence-corrected chi connectivity index (χ0v) is 10.7. The summed E-state index contributed by atoms with van der Waals surface area (Å²) in [5.41, 5.74) is 6.59. The van der Waals surface area contributed by atoms with Crippen LogP contribution >= 0.6 is 0 Å². The average Bonchev–Trinajstić information content (AvgIpc) is 2.97. The quantitative estimate of drug-likeness (QED) is 0.895. The molecule has 1 aliphatic rings. The Morgan fingerprint density at radius 1 is 1.41 bits per heavy atom. The van der Waals surface area contributed by atoms with Gasteiger partial charge >= 0.3 is 0 Å². The molecule has 17 heavy (non-hydrogen) atoms. The predicted molar refractivity (Wildman–Crippen MR) is 64.1 cm³/mol. The molecule has 0 amide bonds. The van der Waals surface area contributed by atoms with Crippen LogP contribution in [0, 0.1) is 5.82 Å². The number of hydrogen-bond acceptors (Lipinski definition) is 3. The number of hydrogen-bond donors (Lipinski definition) is 1. The fourth-order valence-electron chi connectivity index (χ4n) is 2.24. The Bertz CT molecular complexity index is 548. The topological polar surface area (TPSA) is 60.2 Å². The fourth-order valence-corrected chi connectivity index (χ4v) is 3.00. The Morgan fingerprint density at radius 3 is 2.41 bits per heavy atom. The molecule has 1 fully saturated rings. The highest BCUT2D eigenvalue weighted by Crippen LogP contribution is 2.50. The lowest BCUT2D eigenvalue weighted by molar-refractivity contribution is 0.543. The van der Waals surface area contributed by atoms with Gasteiger partial charge in [0.25, 0.3) is 0 Å². The molecule has 1 atom stereocenters. The zero-order valence-electron chi connectivity index (χ0n) is 9.90. The molecule has 1 aliphatic carbocycles. The maximum absolute atomic E-state index is 13.5. The van der Waals surface area contributed by atoms with E-state index < -0.39 is 15.7 Å². The summed E-state index contributed by atoms with van der Waals surface area (Å²) in [5.74, 6) is -0.697. The number of sulfone groups is 1. The Balaban J connectivity index is 2.53. The highest BCUT2D eigenvalue weighted by Gasteiger charge is 2.47. The highest BCUT2D eigenvalue weighted by atomic mass is 32.2. The summed E-state index contributed by atoms with van der Waals surface area (Å²) in [6, 6.07) is 4.23. The molecule has 94 valence electrons. The molecule has 1 saturated carbocycles. The lowest BCUT2D eigenvalue weighted by Gasteiger charge is -2.20. The van der Waals surface area contributed by atoms with E-state index in [1.165, 1.54) is 12.1 Å². The lowest BCUT2D eigenvalue weighted by Crippen LogP contribution is -2.31. The third-order valence-corrected chi connectivity index (χ3v) is 4.68. The van der Waals surface area contributed by atoms with Gasteiger partial charge in [0.05, 0.1) is 0 Å². The molecule has 1 aromatic carbocycles. The molecule has 0 saturated heterocycles. The maximum Gasteiger partial charge on any atom is 0.178 e. The van der Waals surface area contributed by atoms with Crippen molar-refractivity contribution in [3.63, 3.8) is 0 Å². The second kappa shape index (κ2) is 3.78. The van der Waals surface area contributed by atoms with E-state index >= 15 is 0 Å². The van der Waals surface area contributed by atoms with E-state index in [1.807, 2.05) is 6.92 Å². The van der Waals surface area contributed by atoms with Crippen LogP contribution < -0.4 is 5.73 Å². The van der Waals surface area contributed by atoms with Crippen LogP contribution in [0.25, 0.3) is 0 Å². The smallest absolute Gasteiger partial charge is 0.178 e. The van der Waals surface area contributed by atoms with Crippen molar-refractivity contribution in [1.29, 1.82) is 0 Å². The van der Waals surface area contributed by atoms with Crippen molar-refractivity contribution in [2.24, 2.45) is 5.73 Å². The van der Waals surface area contributed by atoms with E-state index in [1.54, 1.807) is 6.07 Å². The SMILES string of the molecule is CC(N)C1(c2ccc(F)c(S(C)(=O)=O)c2)CC1.